The van der Waals surface area contributed by atoms with Crippen LogP contribution in [0.4, 0.5) is 0 Å². The van der Waals surface area contributed by atoms with Gasteiger partial charge in [-0.15, -0.1) is 0 Å². The third kappa shape index (κ3) is 5.49. The third-order valence-corrected chi connectivity index (χ3v) is 2.53. The van der Waals surface area contributed by atoms with Crippen molar-refractivity contribution in [3.8, 4) is 0 Å². The molecule has 0 aliphatic rings. The van der Waals surface area contributed by atoms with Crippen LogP contribution in [0, 0.1) is 0 Å². The van der Waals surface area contributed by atoms with Gasteiger partial charge >= 0.3 is 5.97 Å². The van der Waals surface area contributed by atoms with Crippen LogP contribution in [0.5, 0.6) is 0 Å². The molecule has 1 rings (SSSR count). The average Bonchev–Trinajstić information content (AvgIpc) is 2.44. The third-order valence-electron chi connectivity index (χ3n) is 2.53. The van der Waals surface area contributed by atoms with E-state index in [0.717, 1.165) is 5.56 Å². The van der Waals surface area contributed by atoms with E-state index in [4.69, 9.17) is 10.8 Å². The van der Waals surface area contributed by atoms with Crippen molar-refractivity contribution in [1.29, 1.82) is 0 Å². The van der Waals surface area contributed by atoms with Crippen LogP contribution < -0.4 is 16.4 Å². The molecule has 0 bridgehead atoms. The molecule has 0 aliphatic carbocycles. The maximum atomic E-state index is 11.9. The summed E-state index contributed by atoms with van der Waals surface area (Å²) in [4.78, 5) is 33.6. The summed E-state index contributed by atoms with van der Waals surface area (Å²) in [6.45, 7) is -0.736. The first-order valence-electron chi connectivity index (χ1n) is 6.05. The van der Waals surface area contributed by atoms with Gasteiger partial charge in [-0.1, -0.05) is 30.3 Å². The fourth-order valence-corrected chi connectivity index (χ4v) is 1.60. The normalized spacial score (nSPS) is 11.4. The highest BCUT2D eigenvalue weighted by Crippen LogP contribution is 2.03. The molecule has 0 radical (unpaired) electrons. The zero-order valence-electron chi connectivity index (χ0n) is 10.8. The monoisotopic (exact) mass is 279 g/mol. The second-order valence-electron chi connectivity index (χ2n) is 4.13. The average molecular weight is 279 g/mol. The number of carbonyl (C=O) groups is 3. The number of nitrogens with two attached hydrogens (primary N) is 1. The van der Waals surface area contributed by atoms with Crippen LogP contribution in [0.2, 0.25) is 0 Å². The van der Waals surface area contributed by atoms with E-state index in [0.29, 0.717) is 0 Å². The van der Waals surface area contributed by atoms with Gasteiger partial charge in [-0.05, 0) is 5.56 Å². The summed E-state index contributed by atoms with van der Waals surface area (Å²) in [5, 5.41) is 13.2. The SMILES string of the molecule is NCC(=O)NC(Cc1ccccc1)C(=O)NCC(=O)O. The minimum atomic E-state index is -1.15. The second-order valence-corrected chi connectivity index (χ2v) is 4.13. The predicted molar refractivity (Wildman–Crippen MR) is 71.8 cm³/mol. The fraction of sp³-hybridized carbons (Fsp3) is 0.308. The van der Waals surface area contributed by atoms with Gasteiger partial charge in [-0.25, -0.2) is 0 Å². The zero-order chi connectivity index (χ0) is 15.0. The Labute approximate surface area is 116 Å². The van der Waals surface area contributed by atoms with Crippen LogP contribution in [0.25, 0.3) is 0 Å². The smallest absolute Gasteiger partial charge is 0.322 e. The second kappa shape index (κ2) is 7.90. The molecule has 0 saturated carbocycles. The van der Waals surface area contributed by atoms with Gasteiger partial charge in [-0.2, -0.15) is 0 Å². The molecule has 1 unspecified atom stereocenters. The summed E-state index contributed by atoms with van der Waals surface area (Å²) in [6.07, 6.45) is 0.262. The Morgan fingerprint density at radius 1 is 1.20 bits per heavy atom. The van der Waals surface area contributed by atoms with Gasteiger partial charge in [0.15, 0.2) is 0 Å². The number of carboxylic acids is 1. The minimum absolute atomic E-state index is 0.239. The van der Waals surface area contributed by atoms with Crippen LogP contribution in [-0.4, -0.2) is 42.0 Å². The van der Waals surface area contributed by atoms with Gasteiger partial charge in [-0.3, -0.25) is 14.4 Å². The topological polar surface area (TPSA) is 122 Å². The van der Waals surface area contributed by atoms with Crippen molar-refractivity contribution < 1.29 is 19.5 Å². The van der Waals surface area contributed by atoms with Gasteiger partial charge in [0.2, 0.25) is 11.8 Å². The highest BCUT2D eigenvalue weighted by molar-refractivity contribution is 5.90. The van der Waals surface area contributed by atoms with Crippen molar-refractivity contribution in [3.63, 3.8) is 0 Å². The molecule has 20 heavy (non-hydrogen) atoms. The maximum Gasteiger partial charge on any atom is 0.322 e. The van der Waals surface area contributed by atoms with E-state index in [1.807, 2.05) is 30.3 Å². The van der Waals surface area contributed by atoms with Crippen molar-refractivity contribution in [2.24, 2.45) is 5.73 Å². The molecule has 2 amide bonds. The molecule has 1 aromatic carbocycles. The van der Waals surface area contributed by atoms with Crippen molar-refractivity contribution in [3.05, 3.63) is 35.9 Å². The molecule has 0 heterocycles. The fourth-order valence-electron chi connectivity index (χ4n) is 1.60. The van der Waals surface area contributed by atoms with E-state index in [1.165, 1.54) is 0 Å². The quantitative estimate of drug-likeness (QED) is 0.503. The van der Waals surface area contributed by atoms with E-state index in [1.54, 1.807) is 0 Å². The molecule has 0 aromatic heterocycles. The lowest BCUT2D eigenvalue weighted by atomic mass is 10.1. The van der Waals surface area contributed by atoms with Crippen LogP contribution in [-0.2, 0) is 20.8 Å². The van der Waals surface area contributed by atoms with Crippen LogP contribution >= 0.6 is 0 Å². The Morgan fingerprint density at radius 2 is 1.85 bits per heavy atom. The minimum Gasteiger partial charge on any atom is -0.480 e. The van der Waals surface area contributed by atoms with E-state index in [2.05, 4.69) is 10.6 Å². The van der Waals surface area contributed by atoms with Crippen LogP contribution in [0.3, 0.4) is 0 Å². The zero-order valence-corrected chi connectivity index (χ0v) is 10.8. The Balaban J connectivity index is 2.71. The van der Waals surface area contributed by atoms with Gasteiger partial charge < -0.3 is 21.5 Å². The number of hydrogen-bond acceptors (Lipinski definition) is 4. The van der Waals surface area contributed by atoms with Crippen molar-refractivity contribution in [2.45, 2.75) is 12.5 Å². The van der Waals surface area contributed by atoms with E-state index in [9.17, 15) is 14.4 Å². The van der Waals surface area contributed by atoms with E-state index < -0.39 is 30.4 Å². The molecule has 5 N–H and O–H groups in total. The first-order chi connectivity index (χ1) is 9.52. The number of carboxylic acid groups (broad SMARTS) is 1. The molecule has 0 spiro atoms. The Hall–Kier alpha value is -2.41. The Morgan fingerprint density at radius 3 is 2.40 bits per heavy atom. The molecule has 0 saturated heterocycles. The molecule has 108 valence electrons. The summed E-state index contributed by atoms with van der Waals surface area (Å²) < 4.78 is 0. The summed E-state index contributed by atoms with van der Waals surface area (Å²) >= 11 is 0. The largest absolute Gasteiger partial charge is 0.480 e. The van der Waals surface area contributed by atoms with Crippen molar-refractivity contribution in [1.82, 2.24) is 10.6 Å². The van der Waals surface area contributed by atoms with E-state index >= 15 is 0 Å². The first-order valence-corrected chi connectivity index (χ1v) is 6.05. The highest BCUT2D eigenvalue weighted by Gasteiger charge is 2.21. The van der Waals surface area contributed by atoms with Gasteiger partial charge in [0, 0.05) is 6.42 Å². The lowest BCUT2D eigenvalue weighted by Crippen LogP contribution is -2.50. The highest BCUT2D eigenvalue weighted by atomic mass is 16.4. The number of aliphatic carboxylic acids is 1. The number of rotatable bonds is 7. The Kier molecular flexibility index (Phi) is 6.18. The number of benzene rings is 1. The van der Waals surface area contributed by atoms with Crippen molar-refractivity contribution in [2.75, 3.05) is 13.1 Å². The molecule has 7 heteroatoms. The van der Waals surface area contributed by atoms with E-state index in [-0.39, 0.29) is 13.0 Å². The number of hydrogen-bond donors (Lipinski definition) is 4. The molecule has 1 atom stereocenters. The predicted octanol–water partition coefficient (Wildman–Crippen LogP) is -1.13. The first kappa shape index (κ1) is 15.6. The van der Waals surface area contributed by atoms with Gasteiger partial charge in [0.25, 0.3) is 0 Å². The summed E-state index contributed by atoms with van der Waals surface area (Å²) in [6, 6.07) is 8.23. The summed E-state index contributed by atoms with van der Waals surface area (Å²) in [7, 11) is 0. The van der Waals surface area contributed by atoms with Crippen molar-refractivity contribution >= 4 is 17.8 Å². The van der Waals surface area contributed by atoms with Gasteiger partial charge in [0.05, 0.1) is 6.54 Å². The summed E-state index contributed by atoms with van der Waals surface area (Å²) in [5.41, 5.74) is 6.05. The Bertz CT molecular complexity index is 476. The lowest BCUT2D eigenvalue weighted by Gasteiger charge is -2.17. The number of amides is 2. The molecule has 1 aromatic rings. The standard InChI is InChI=1S/C13H17N3O4/c14-7-11(17)16-10(13(20)15-8-12(18)19)6-9-4-2-1-3-5-9/h1-5,10H,6-8,14H2,(H,15,20)(H,16,17)(H,18,19). The molecule has 0 fully saturated rings. The molecular weight excluding hydrogens is 262 g/mol. The molecular formula is C13H17N3O4. The number of nitrogens with one attached hydrogen (secondary N) is 2. The maximum absolute atomic E-state index is 11.9. The summed E-state index contributed by atoms with van der Waals surface area (Å²) in [5.74, 6) is -2.18. The van der Waals surface area contributed by atoms with Crippen LogP contribution in [0.15, 0.2) is 30.3 Å². The lowest BCUT2D eigenvalue weighted by molar-refractivity contribution is -0.138. The molecule has 7 nitrogen and oxygen atoms in total. The van der Waals surface area contributed by atoms with Gasteiger partial charge in [0.1, 0.15) is 12.6 Å². The van der Waals surface area contributed by atoms with Crippen LogP contribution in [0.1, 0.15) is 5.56 Å². The number of carbonyl (C=O) groups excluding carboxylic acids is 2. The molecule has 0 aliphatic heterocycles.